The van der Waals surface area contributed by atoms with E-state index in [-0.39, 0.29) is 0 Å². The van der Waals surface area contributed by atoms with Crippen LogP contribution in [0.3, 0.4) is 0 Å². The van der Waals surface area contributed by atoms with Gasteiger partial charge < -0.3 is 15.0 Å². The number of rotatable bonds is 8. The number of likely N-dealkylation sites (N-methyl/N-ethyl adjacent to an activating group) is 1. The first kappa shape index (κ1) is 14.4. The van der Waals surface area contributed by atoms with Crippen LogP contribution in [0, 0.1) is 11.3 Å². The maximum Gasteiger partial charge on any atom is 0.104 e. The van der Waals surface area contributed by atoms with E-state index >= 15 is 0 Å². The van der Waals surface area contributed by atoms with Gasteiger partial charge in [0.2, 0.25) is 0 Å². The molecule has 4 heteroatoms. The van der Waals surface area contributed by atoms with Crippen LogP contribution in [0.15, 0.2) is 0 Å². The average molecular weight is 213 g/mol. The summed E-state index contributed by atoms with van der Waals surface area (Å²) in [6, 6.07) is 2.28. The minimum atomic E-state index is -0.417. The molecule has 0 spiro atoms. The smallest absolute Gasteiger partial charge is 0.104 e. The Morgan fingerprint density at radius 2 is 2.13 bits per heavy atom. The summed E-state index contributed by atoms with van der Waals surface area (Å²) in [6.07, 6.45) is 0.822. The van der Waals surface area contributed by atoms with Crippen molar-refractivity contribution >= 4 is 0 Å². The number of nitriles is 1. The first-order valence-corrected chi connectivity index (χ1v) is 5.44. The van der Waals surface area contributed by atoms with E-state index in [4.69, 9.17) is 10.00 Å². The summed E-state index contributed by atoms with van der Waals surface area (Å²) in [4.78, 5) is 2.18. The molecule has 0 aromatic rings. The van der Waals surface area contributed by atoms with Gasteiger partial charge in [-0.3, -0.25) is 0 Å². The Morgan fingerprint density at radius 1 is 1.47 bits per heavy atom. The van der Waals surface area contributed by atoms with Crippen LogP contribution >= 0.6 is 0 Å². The van der Waals surface area contributed by atoms with Gasteiger partial charge in [-0.1, -0.05) is 0 Å². The second-order valence-electron chi connectivity index (χ2n) is 3.94. The highest BCUT2D eigenvalue weighted by Gasteiger charge is 2.20. The van der Waals surface area contributed by atoms with Crippen LogP contribution in [0.2, 0.25) is 0 Å². The standard InChI is InChI=1S/C11H23N3O/c1-5-15-9-8-14(4)7-6-11(2,10-12)13-3/h13H,5-9H2,1-4H3. The van der Waals surface area contributed by atoms with Gasteiger partial charge in [-0.15, -0.1) is 0 Å². The van der Waals surface area contributed by atoms with Crippen LogP contribution in [0.5, 0.6) is 0 Å². The molecule has 0 amide bonds. The van der Waals surface area contributed by atoms with E-state index in [0.717, 1.165) is 32.7 Å². The first-order chi connectivity index (χ1) is 7.08. The minimum Gasteiger partial charge on any atom is -0.380 e. The van der Waals surface area contributed by atoms with Gasteiger partial charge >= 0.3 is 0 Å². The Balaban J connectivity index is 3.70. The fourth-order valence-corrected chi connectivity index (χ4v) is 1.13. The van der Waals surface area contributed by atoms with Gasteiger partial charge in [0, 0.05) is 19.7 Å². The van der Waals surface area contributed by atoms with Crippen molar-refractivity contribution in [1.29, 1.82) is 5.26 Å². The molecule has 0 aliphatic heterocycles. The Kier molecular flexibility index (Phi) is 7.31. The topological polar surface area (TPSA) is 48.3 Å². The van der Waals surface area contributed by atoms with Crippen LogP contribution in [-0.4, -0.2) is 50.8 Å². The van der Waals surface area contributed by atoms with Crippen molar-refractivity contribution in [2.75, 3.05) is 40.4 Å². The van der Waals surface area contributed by atoms with E-state index in [9.17, 15) is 0 Å². The molecule has 88 valence electrons. The molecule has 0 aliphatic rings. The molecule has 0 radical (unpaired) electrons. The second-order valence-corrected chi connectivity index (χ2v) is 3.94. The van der Waals surface area contributed by atoms with E-state index < -0.39 is 5.54 Å². The van der Waals surface area contributed by atoms with E-state index in [1.54, 1.807) is 0 Å². The molecule has 0 bridgehead atoms. The third kappa shape index (κ3) is 6.45. The maximum absolute atomic E-state index is 8.96. The molecule has 1 N–H and O–H groups in total. The van der Waals surface area contributed by atoms with E-state index in [1.807, 2.05) is 27.9 Å². The van der Waals surface area contributed by atoms with Crippen molar-refractivity contribution < 1.29 is 4.74 Å². The predicted molar refractivity (Wildman–Crippen MR) is 61.7 cm³/mol. The van der Waals surface area contributed by atoms with Gasteiger partial charge in [-0.25, -0.2) is 0 Å². The zero-order chi connectivity index (χ0) is 11.7. The average Bonchev–Trinajstić information content (AvgIpc) is 2.26. The van der Waals surface area contributed by atoms with Gasteiger partial charge in [0.1, 0.15) is 5.54 Å². The zero-order valence-electron chi connectivity index (χ0n) is 10.3. The van der Waals surface area contributed by atoms with Crippen molar-refractivity contribution in [3.05, 3.63) is 0 Å². The lowest BCUT2D eigenvalue weighted by Gasteiger charge is -2.24. The SMILES string of the molecule is CCOCCN(C)CCC(C)(C#N)NC. The molecule has 1 atom stereocenters. The number of nitrogens with zero attached hydrogens (tertiary/aromatic N) is 2. The molecule has 0 aromatic carbocycles. The van der Waals surface area contributed by atoms with E-state index in [0.29, 0.717) is 0 Å². The van der Waals surface area contributed by atoms with Crippen molar-refractivity contribution in [3.63, 3.8) is 0 Å². The third-order valence-electron chi connectivity index (χ3n) is 2.61. The molecule has 0 aliphatic carbocycles. The van der Waals surface area contributed by atoms with Crippen molar-refractivity contribution in [2.24, 2.45) is 0 Å². The normalized spacial score (nSPS) is 14.9. The Hall–Kier alpha value is -0.630. The van der Waals surface area contributed by atoms with Crippen LogP contribution in [-0.2, 0) is 4.74 Å². The first-order valence-electron chi connectivity index (χ1n) is 5.44. The fourth-order valence-electron chi connectivity index (χ4n) is 1.13. The molecule has 0 saturated carbocycles. The highest BCUT2D eigenvalue weighted by molar-refractivity contribution is 5.02. The summed E-state index contributed by atoms with van der Waals surface area (Å²) in [5.74, 6) is 0. The molecule has 15 heavy (non-hydrogen) atoms. The summed E-state index contributed by atoms with van der Waals surface area (Å²) in [7, 11) is 3.87. The highest BCUT2D eigenvalue weighted by atomic mass is 16.5. The molecular weight excluding hydrogens is 190 g/mol. The molecule has 0 aromatic heterocycles. The van der Waals surface area contributed by atoms with Crippen molar-refractivity contribution in [1.82, 2.24) is 10.2 Å². The summed E-state index contributed by atoms with van der Waals surface area (Å²) < 4.78 is 5.27. The highest BCUT2D eigenvalue weighted by Crippen LogP contribution is 2.07. The number of hydrogen-bond donors (Lipinski definition) is 1. The number of hydrogen-bond acceptors (Lipinski definition) is 4. The number of nitrogens with one attached hydrogen (secondary N) is 1. The Morgan fingerprint density at radius 3 is 2.60 bits per heavy atom. The van der Waals surface area contributed by atoms with Gasteiger partial charge in [-0.05, 0) is 34.4 Å². The summed E-state index contributed by atoms with van der Waals surface area (Å²) in [5.41, 5.74) is -0.417. The third-order valence-corrected chi connectivity index (χ3v) is 2.61. The molecule has 0 saturated heterocycles. The predicted octanol–water partition coefficient (Wildman–Crippen LogP) is 0.846. The van der Waals surface area contributed by atoms with Crippen LogP contribution in [0.1, 0.15) is 20.3 Å². The second kappa shape index (κ2) is 7.63. The van der Waals surface area contributed by atoms with Crippen LogP contribution in [0.4, 0.5) is 0 Å². The lowest BCUT2D eigenvalue weighted by atomic mass is 10.0. The zero-order valence-corrected chi connectivity index (χ0v) is 10.3. The maximum atomic E-state index is 8.96. The van der Waals surface area contributed by atoms with E-state index in [2.05, 4.69) is 16.3 Å². The Bertz CT molecular complexity index is 202. The summed E-state index contributed by atoms with van der Waals surface area (Å²) >= 11 is 0. The fraction of sp³-hybridized carbons (Fsp3) is 0.909. The monoisotopic (exact) mass is 213 g/mol. The lowest BCUT2D eigenvalue weighted by Crippen LogP contribution is -2.41. The Labute approximate surface area is 93.2 Å². The minimum absolute atomic E-state index is 0.417. The molecule has 1 unspecified atom stereocenters. The molecule has 0 heterocycles. The van der Waals surface area contributed by atoms with Gasteiger partial charge in [0.25, 0.3) is 0 Å². The molecule has 0 fully saturated rings. The largest absolute Gasteiger partial charge is 0.380 e. The van der Waals surface area contributed by atoms with Gasteiger partial charge in [0.05, 0.1) is 12.7 Å². The molecule has 4 nitrogen and oxygen atoms in total. The van der Waals surface area contributed by atoms with E-state index in [1.165, 1.54) is 0 Å². The number of ether oxygens (including phenoxy) is 1. The summed E-state index contributed by atoms with van der Waals surface area (Å²) in [5, 5.41) is 12.0. The molecule has 0 rings (SSSR count). The lowest BCUT2D eigenvalue weighted by molar-refractivity contribution is 0.120. The summed E-state index contributed by atoms with van der Waals surface area (Å²) in [6.45, 7) is 7.25. The molecular formula is C11H23N3O. The van der Waals surface area contributed by atoms with Crippen LogP contribution < -0.4 is 5.32 Å². The quantitative estimate of drug-likeness (QED) is 0.607. The van der Waals surface area contributed by atoms with Crippen LogP contribution in [0.25, 0.3) is 0 Å². The van der Waals surface area contributed by atoms with Crippen molar-refractivity contribution in [2.45, 2.75) is 25.8 Å². The van der Waals surface area contributed by atoms with Gasteiger partial charge in [0.15, 0.2) is 0 Å². The van der Waals surface area contributed by atoms with Crippen molar-refractivity contribution in [3.8, 4) is 6.07 Å². The van der Waals surface area contributed by atoms with Gasteiger partial charge in [-0.2, -0.15) is 5.26 Å².